The summed E-state index contributed by atoms with van der Waals surface area (Å²) in [6, 6.07) is 5.19. The van der Waals surface area contributed by atoms with Crippen molar-refractivity contribution in [2.75, 3.05) is 59.4 Å². The standard InChI is InChI=1S/C31H36F4N6O4/c1-19-16-40(10-11-44-3)9-7-24(19)39-30(43)22-12-20(13-26-28(22)38-18-41(26)17-31(33,34)35)6-5-8-37-25-15-23(32)21(29(42)36-2)14-27(25)45-4/h12-15,18-19,24,37H,7-11,16-17H2,1-4H3,(H,36,42)(H,39,43)/t19-,24-/m0/s1. The maximum atomic E-state index is 14.5. The van der Waals surface area contributed by atoms with Gasteiger partial charge in [-0.3, -0.25) is 9.59 Å². The number of imidazole rings is 1. The molecule has 1 aliphatic heterocycles. The number of nitrogens with zero attached hydrogens (tertiary/aromatic N) is 3. The number of nitrogens with one attached hydrogen (secondary N) is 3. The van der Waals surface area contributed by atoms with Crippen molar-refractivity contribution >= 4 is 28.5 Å². The summed E-state index contributed by atoms with van der Waals surface area (Å²) in [4.78, 5) is 31.9. The van der Waals surface area contributed by atoms with Crippen LogP contribution in [-0.4, -0.2) is 92.5 Å². The molecule has 2 heterocycles. The molecule has 45 heavy (non-hydrogen) atoms. The molecule has 0 aliphatic carbocycles. The first-order chi connectivity index (χ1) is 21.4. The van der Waals surface area contributed by atoms with Gasteiger partial charge >= 0.3 is 6.18 Å². The average Bonchev–Trinajstić information content (AvgIpc) is 3.39. The number of amides is 2. The molecular formula is C31H36F4N6O4. The topological polar surface area (TPSA) is 110 Å². The number of rotatable bonds is 10. The highest BCUT2D eigenvalue weighted by Gasteiger charge is 2.31. The van der Waals surface area contributed by atoms with Crippen molar-refractivity contribution in [2.45, 2.75) is 32.1 Å². The van der Waals surface area contributed by atoms with E-state index in [0.29, 0.717) is 18.6 Å². The number of alkyl halides is 3. The number of carbonyl (C=O) groups excluding carboxylic acids is 2. The molecule has 1 aliphatic rings. The molecule has 242 valence electrons. The lowest BCUT2D eigenvalue weighted by Crippen LogP contribution is -2.50. The first kappa shape index (κ1) is 33.5. The van der Waals surface area contributed by atoms with E-state index in [9.17, 15) is 27.2 Å². The van der Waals surface area contributed by atoms with E-state index in [4.69, 9.17) is 9.47 Å². The molecule has 2 amide bonds. The van der Waals surface area contributed by atoms with Gasteiger partial charge in [0.1, 0.15) is 23.6 Å². The van der Waals surface area contributed by atoms with E-state index in [2.05, 4.69) is 37.7 Å². The Bertz CT molecular complexity index is 1600. The van der Waals surface area contributed by atoms with Gasteiger partial charge in [-0.05, 0) is 30.5 Å². The second kappa shape index (κ2) is 14.6. The molecule has 10 nitrogen and oxygen atoms in total. The van der Waals surface area contributed by atoms with Crippen molar-refractivity contribution in [2.24, 2.45) is 5.92 Å². The SMILES string of the molecule is CNC(=O)c1cc(OC)c(NCC#Cc2cc(C(=O)N[C@H]3CCN(CCOC)C[C@@H]3C)c3ncn(CC(F)(F)F)c3c2)cc1F. The maximum Gasteiger partial charge on any atom is 0.406 e. The Morgan fingerprint density at radius 1 is 1.13 bits per heavy atom. The number of hydrogen-bond donors (Lipinski definition) is 3. The molecule has 2 aromatic carbocycles. The lowest BCUT2D eigenvalue weighted by Gasteiger charge is -2.37. The Morgan fingerprint density at radius 3 is 2.58 bits per heavy atom. The van der Waals surface area contributed by atoms with Gasteiger partial charge in [-0.25, -0.2) is 9.37 Å². The summed E-state index contributed by atoms with van der Waals surface area (Å²) in [6.45, 7) is 3.70. The van der Waals surface area contributed by atoms with Crippen LogP contribution < -0.4 is 20.7 Å². The summed E-state index contributed by atoms with van der Waals surface area (Å²) in [6.07, 6.45) is -2.73. The molecule has 1 fully saturated rings. The van der Waals surface area contributed by atoms with Gasteiger partial charge in [0, 0.05) is 51.5 Å². The quantitative estimate of drug-likeness (QED) is 0.231. The number of piperidine rings is 1. The van der Waals surface area contributed by atoms with Gasteiger partial charge in [-0.15, -0.1) is 0 Å². The minimum atomic E-state index is -4.50. The fraction of sp³-hybridized carbons (Fsp3) is 0.452. The van der Waals surface area contributed by atoms with Gasteiger partial charge in [-0.2, -0.15) is 13.2 Å². The molecule has 0 saturated carbocycles. The summed E-state index contributed by atoms with van der Waals surface area (Å²) < 4.78 is 65.8. The number of fused-ring (bicyclic) bond motifs is 1. The second-order valence-electron chi connectivity index (χ2n) is 10.8. The summed E-state index contributed by atoms with van der Waals surface area (Å²) in [5.74, 6) is 4.26. The summed E-state index contributed by atoms with van der Waals surface area (Å²) in [7, 11) is 4.40. The Balaban J connectivity index is 1.58. The van der Waals surface area contributed by atoms with Crippen molar-refractivity contribution in [3.05, 3.63) is 53.1 Å². The third-order valence-electron chi connectivity index (χ3n) is 7.60. The fourth-order valence-corrected chi connectivity index (χ4v) is 5.30. The molecule has 0 spiro atoms. The van der Waals surface area contributed by atoms with Crippen LogP contribution in [0.25, 0.3) is 11.0 Å². The van der Waals surface area contributed by atoms with Gasteiger partial charge in [0.15, 0.2) is 0 Å². The predicted molar refractivity (Wildman–Crippen MR) is 161 cm³/mol. The lowest BCUT2D eigenvalue weighted by atomic mass is 9.93. The van der Waals surface area contributed by atoms with Crippen molar-refractivity contribution < 1.29 is 36.6 Å². The minimum absolute atomic E-state index is 0.00430. The molecule has 0 radical (unpaired) electrons. The monoisotopic (exact) mass is 632 g/mol. The van der Waals surface area contributed by atoms with Crippen LogP contribution in [0.1, 0.15) is 39.6 Å². The largest absolute Gasteiger partial charge is 0.495 e. The van der Waals surface area contributed by atoms with Gasteiger partial charge in [0.25, 0.3) is 11.8 Å². The molecule has 3 N–H and O–H groups in total. The van der Waals surface area contributed by atoms with Crippen LogP contribution >= 0.6 is 0 Å². The third-order valence-corrected chi connectivity index (χ3v) is 7.60. The highest BCUT2D eigenvalue weighted by atomic mass is 19.4. The minimum Gasteiger partial charge on any atom is -0.495 e. The van der Waals surface area contributed by atoms with Crippen molar-refractivity contribution in [1.82, 2.24) is 25.1 Å². The van der Waals surface area contributed by atoms with Crippen LogP contribution in [0.15, 0.2) is 30.6 Å². The molecular weight excluding hydrogens is 596 g/mol. The Morgan fingerprint density at radius 2 is 1.91 bits per heavy atom. The van der Waals surface area contributed by atoms with Gasteiger partial charge in [0.05, 0.1) is 48.9 Å². The van der Waals surface area contributed by atoms with Gasteiger partial charge in [-0.1, -0.05) is 18.8 Å². The van der Waals surface area contributed by atoms with Crippen LogP contribution in [0.4, 0.5) is 23.2 Å². The van der Waals surface area contributed by atoms with E-state index >= 15 is 0 Å². The third kappa shape index (κ3) is 8.43. The van der Waals surface area contributed by atoms with E-state index in [1.54, 1.807) is 7.11 Å². The molecule has 4 rings (SSSR count). The van der Waals surface area contributed by atoms with Crippen molar-refractivity contribution in [3.63, 3.8) is 0 Å². The molecule has 0 unspecified atom stereocenters. The number of methoxy groups -OCH3 is 2. The number of likely N-dealkylation sites (tertiary alicyclic amines) is 1. The highest BCUT2D eigenvalue weighted by molar-refractivity contribution is 6.05. The maximum absolute atomic E-state index is 14.5. The number of benzene rings is 2. The number of halogens is 4. The number of anilines is 1. The lowest BCUT2D eigenvalue weighted by molar-refractivity contribution is -0.139. The molecule has 2 atom stereocenters. The Hall–Kier alpha value is -4.35. The zero-order chi connectivity index (χ0) is 32.7. The van der Waals surface area contributed by atoms with Crippen molar-refractivity contribution in [3.8, 4) is 17.6 Å². The number of ether oxygens (including phenoxy) is 2. The summed E-state index contributed by atoms with van der Waals surface area (Å²) >= 11 is 0. The summed E-state index contributed by atoms with van der Waals surface area (Å²) in [5, 5.41) is 8.33. The van der Waals surface area contributed by atoms with E-state index in [1.165, 1.54) is 32.4 Å². The molecule has 1 aromatic heterocycles. The number of carbonyl (C=O) groups is 2. The van der Waals surface area contributed by atoms with E-state index in [0.717, 1.165) is 36.6 Å². The molecule has 14 heteroatoms. The average molecular weight is 633 g/mol. The van der Waals surface area contributed by atoms with Crippen LogP contribution in [0.5, 0.6) is 5.75 Å². The highest BCUT2D eigenvalue weighted by Crippen LogP contribution is 2.28. The van der Waals surface area contributed by atoms with Crippen LogP contribution in [0, 0.1) is 23.6 Å². The van der Waals surface area contributed by atoms with Crippen LogP contribution in [0.2, 0.25) is 0 Å². The van der Waals surface area contributed by atoms with E-state index < -0.39 is 30.4 Å². The molecule has 0 bridgehead atoms. The second-order valence-corrected chi connectivity index (χ2v) is 10.8. The zero-order valence-corrected chi connectivity index (χ0v) is 25.5. The van der Waals surface area contributed by atoms with E-state index in [1.807, 2.05) is 6.92 Å². The number of aromatic nitrogens is 2. The van der Waals surface area contributed by atoms with Gasteiger partial charge in [0.2, 0.25) is 0 Å². The smallest absolute Gasteiger partial charge is 0.406 e. The molecule has 1 saturated heterocycles. The van der Waals surface area contributed by atoms with Crippen molar-refractivity contribution in [1.29, 1.82) is 0 Å². The van der Waals surface area contributed by atoms with Crippen LogP contribution in [0.3, 0.4) is 0 Å². The van der Waals surface area contributed by atoms with E-state index in [-0.39, 0.29) is 52.1 Å². The predicted octanol–water partition coefficient (Wildman–Crippen LogP) is 3.66. The first-order valence-electron chi connectivity index (χ1n) is 14.3. The summed E-state index contributed by atoms with van der Waals surface area (Å²) in [5.41, 5.74) is 0.738. The fourth-order valence-electron chi connectivity index (χ4n) is 5.30. The first-order valence-corrected chi connectivity index (χ1v) is 14.3. The van der Waals surface area contributed by atoms with Crippen LogP contribution in [-0.2, 0) is 11.3 Å². The molecule has 3 aromatic rings. The Kier molecular flexibility index (Phi) is 10.9. The van der Waals surface area contributed by atoms with Gasteiger partial charge < -0.3 is 34.9 Å². The normalized spacial score (nSPS) is 17.0. The Labute approximate surface area is 258 Å². The number of hydrogen-bond acceptors (Lipinski definition) is 7. The zero-order valence-electron chi connectivity index (χ0n) is 25.5.